The molecule has 0 unspecified atom stereocenters. The number of hydrogen-bond donors (Lipinski definition) is 1. The fourth-order valence-electron chi connectivity index (χ4n) is 1.74. The van der Waals surface area contributed by atoms with Gasteiger partial charge in [-0.3, -0.25) is 4.79 Å². The second kappa shape index (κ2) is 6.78. The highest BCUT2D eigenvalue weighted by molar-refractivity contribution is 6.31. The number of nitrogens with one attached hydrogen (secondary N) is 1. The van der Waals surface area contributed by atoms with Crippen molar-refractivity contribution in [2.24, 2.45) is 0 Å². The molecule has 21 heavy (non-hydrogen) atoms. The number of anilines is 1. The third-order valence-corrected chi connectivity index (χ3v) is 3.13. The Balaban J connectivity index is 2.31. The lowest BCUT2D eigenvalue weighted by atomic mass is 10.2. The van der Waals surface area contributed by atoms with Crippen molar-refractivity contribution in [1.29, 1.82) is 0 Å². The first-order chi connectivity index (χ1) is 10.0. The minimum absolute atomic E-state index is 0.148. The lowest BCUT2D eigenvalue weighted by molar-refractivity contribution is 0.102. The first-order valence-corrected chi connectivity index (χ1v) is 6.95. The zero-order chi connectivity index (χ0) is 15.4. The number of ether oxygens (including phenoxy) is 1. The van der Waals surface area contributed by atoms with Crippen molar-refractivity contribution < 1.29 is 13.9 Å². The van der Waals surface area contributed by atoms with Gasteiger partial charge in [0.05, 0.1) is 17.9 Å². The van der Waals surface area contributed by atoms with Crippen LogP contribution >= 0.6 is 23.2 Å². The molecule has 0 saturated heterocycles. The Bertz CT molecular complexity index is 677. The van der Waals surface area contributed by atoms with Crippen molar-refractivity contribution in [2.75, 3.05) is 11.9 Å². The Morgan fingerprint density at radius 1 is 1.19 bits per heavy atom. The smallest absolute Gasteiger partial charge is 0.258 e. The summed E-state index contributed by atoms with van der Waals surface area (Å²) in [6.07, 6.45) is 0. The summed E-state index contributed by atoms with van der Waals surface area (Å²) in [5, 5.41) is 3.28. The molecule has 0 saturated carbocycles. The molecule has 0 bridgehead atoms. The number of benzene rings is 2. The van der Waals surface area contributed by atoms with Gasteiger partial charge >= 0.3 is 0 Å². The number of carbonyl (C=O) groups is 1. The first kappa shape index (κ1) is 15.6. The van der Waals surface area contributed by atoms with E-state index in [1.165, 1.54) is 18.2 Å². The van der Waals surface area contributed by atoms with Gasteiger partial charge in [-0.25, -0.2) is 4.39 Å². The van der Waals surface area contributed by atoms with Crippen LogP contribution in [0.25, 0.3) is 0 Å². The first-order valence-electron chi connectivity index (χ1n) is 6.20. The van der Waals surface area contributed by atoms with Crippen molar-refractivity contribution in [2.45, 2.75) is 6.92 Å². The molecule has 2 aromatic rings. The van der Waals surface area contributed by atoms with E-state index in [0.29, 0.717) is 23.1 Å². The number of halogens is 3. The minimum Gasteiger partial charge on any atom is -0.492 e. The largest absolute Gasteiger partial charge is 0.492 e. The van der Waals surface area contributed by atoms with E-state index < -0.39 is 11.7 Å². The van der Waals surface area contributed by atoms with Crippen LogP contribution in [0.1, 0.15) is 17.3 Å². The zero-order valence-corrected chi connectivity index (χ0v) is 12.6. The molecular formula is C15H12Cl2FNO2. The van der Waals surface area contributed by atoms with Crippen LogP contribution in [0.5, 0.6) is 5.75 Å². The molecule has 0 aliphatic carbocycles. The SMILES string of the molecule is CCOc1ccc(Cl)cc1NC(=O)c1cc(Cl)ccc1F. The predicted molar refractivity (Wildman–Crippen MR) is 82.0 cm³/mol. The quantitative estimate of drug-likeness (QED) is 0.877. The van der Waals surface area contributed by atoms with Crippen molar-refractivity contribution >= 4 is 34.8 Å². The van der Waals surface area contributed by atoms with Crippen LogP contribution in [0.3, 0.4) is 0 Å². The van der Waals surface area contributed by atoms with Crippen molar-refractivity contribution in [1.82, 2.24) is 0 Å². The van der Waals surface area contributed by atoms with Gasteiger partial charge in [0.1, 0.15) is 11.6 Å². The third-order valence-electron chi connectivity index (χ3n) is 2.66. The van der Waals surface area contributed by atoms with Gasteiger partial charge < -0.3 is 10.1 Å². The van der Waals surface area contributed by atoms with E-state index in [4.69, 9.17) is 27.9 Å². The molecule has 2 rings (SSSR count). The number of amides is 1. The fourth-order valence-corrected chi connectivity index (χ4v) is 2.09. The second-order valence-corrected chi connectivity index (χ2v) is 5.02. The maximum atomic E-state index is 13.7. The maximum Gasteiger partial charge on any atom is 0.258 e. The summed E-state index contributed by atoms with van der Waals surface area (Å²) in [6, 6.07) is 8.58. The van der Waals surface area contributed by atoms with E-state index in [-0.39, 0.29) is 10.6 Å². The van der Waals surface area contributed by atoms with Gasteiger partial charge in [-0.1, -0.05) is 23.2 Å². The third kappa shape index (κ3) is 3.86. The molecule has 1 N–H and O–H groups in total. The molecule has 0 aliphatic rings. The summed E-state index contributed by atoms with van der Waals surface area (Å²) in [5.74, 6) is -0.826. The fraction of sp³-hybridized carbons (Fsp3) is 0.133. The molecular weight excluding hydrogens is 316 g/mol. The van der Waals surface area contributed by atoms with Gasteiger partial charge in [0.15, 0.2) is 0 Å². The molecule has 0 spiro atoms. The van der Waals surface area contributed by atoms with E-state index in [1.54, 1.807) is 12.1 Å². The lowest BCUT2D eigenvalue weighted by Gasteiger charge is -2.12. The van der Waals surface area contributed by atoms with Crippen molar-refractivity contribution in [3.8, 4) is 5.75 Å². The summed E-state index contributed by atoms with van der Waals surface area (Å²) in [4.78, 5) is 12.1. The molecule has 0 fully saturated rings. The molecule has 0 aromatic heterocycles. The molecule has 0 heterocycles. The standard InChI is InChI=1S/C15H12Cl2FNO2/c1-2-21-14-6-4-10(17)8-13(14)19-15(20)11-7-9(16)3-5-12(11)18/h3-8H,2H2,1H3,(H,19,20). The van der Waals surface area contributed by atoms with Crippen LogP contribution in [0, 0.1) is 5.82 Å². The van der Waals surface area contributed by atoms with E-state index in [2.05, 4.69) is 5.32 Å². The van der Waals surface area contributed by atoms with E-state index in [1.807, 2.05) is 6.92 Å². The Hall–Kier alpha value is -1.78. The molecule has 1 amide bonds. The van der Waals surface area contributed by atoms with Gasteiger partial charge in [-0.2, -0.15) is 0 Å². The monoisotopic (exact) mass is 327 g/mol. The molecule has 3 nitrogen and oxygen atoms in total. The molecule has 0 atom stereocenters. The van der Waals surface area contributed by atoms with E-state index >= 15 is 0 Å². The topological polar surface area (TPSA) is 38.3 Å². The molecule has 110 valence electrons. The number of carbonyl (C=O) groups excluding carboxylic acids is 1. The summed E-state index contributed by atoms with van der Waals surface area (Å²) in [6.45, 7) is 2.24. The zero-order valence-electron chi connectivity index (χ0n) is 11.1. The average Bonchev–Trinajstić information content (AvgIpc) is 2.44. The van der Waals surface area contributed by atoms with Crippen LogP contribution in [0.2, 0.25) is 10.0 Å². The van der Waals surface area contributed by atoms with Crippen LogP contribution in [-0.2, 0) is 0 Å². The lowest BCUT2D eigenvalue weighted by Crippen LogP contribution is -2.14. The normalized spacial score (nSPS) is 10.3. The van der Waals surface area contributed by atoms with Crippen LogP contribution < -0.4 is 10.1 Å². The summed E-state index contributed by atoms with van der Waals surface area (Å²) >= 11 is 11.7. The average molecular weight is 328 g/mol. The Kier molecular flexibility index (Phi) is 5.04. The van der Waals surface area contributed by atoms with Gasteiger partial charge in [-0.05, 0) is 43.3 Å². The molecule has 2 aromatic carbocycles. The van der Waals surface area contributed by atoms with Crippen molar-refractivity contribution in [3.05, 3.63) is 57.8 Å². The van der Waals surface area contributed by atoms with E-state index in [9.17, 15) is 9.18 Å². The second-order valence-electron chi connectivity index (χ2n) is 4.15. The van der Waals surface area contributed by atoms with E-state index in [0.717, 1.165) is 6.07 Å². The predicted octanol–water partition coefficient (Wildman–Crippen LogP) is 4.78. The minimum atomic E-state index is -0.656. The molecule has 0 aliphatic heterocycles. The Morgan fingerprint density at radius 2 is 1.86 bits per heavy atom. The number of hydrogen-bond acceptors (Lipinski definition) is 2. The maximum absolute atomic E-state index is 13.7. The molecule has 6 heteroatoms. The van der Waals surface area contributed by atoms with Gasteiger partial charge in [-0.15, -0.1) is 0 Å². The van der Waals surface area contributed by atoms with Crippen LogP contribution in [0.4, 0.5) is 10.1 Å². The summed E-state index contributed by atoms with van der Waals surface area (Å²) in [7, 11) is 0. The van der Waals surface area contributed by atoms with Crippen LogP contribution in [-0.4, -0.2) is 12.5 Å². The summed E-state index contributed by atoms with van der Waals surface area (Å²) in [5.41, 5.74) is 0.221. The Morgan fingerprint density at radius 3 is 2.57 bits per heavy atom. The number of rotatable bonds is 4. The highest BCUT2D eigenvalue weighted by Gasteiger charge is 2.15. The van der Waals surface area contributed by atoms with Crippen molar-refractivity contribution in [3.63, 3.8) is 0 Å². The molecule has 0 radical (unpaired) electrons. The summed E-state index contributed by atoms with van der Waals surface area (Å²) < 4.78 is 19.1. The van der Waals surface area contributed by atoms with Gasteiger partial charge in [0.2, 0.25) is 0 Å². The Labute approximate surface area is 131 Å². The van der Waals surface area contributed by atoms with Crippen LogP contribution in [0.15, 0.2) is 36.4 Å². The van der Waals surface area contributed by atoms with Gasteiger partial charge in [0, 0.05) is 10.0 Å². The highest BCUT2D eigenvalue weighted by Crippen LogP contribution is 2.29. The highest BCUT2D eigenvalue weighted by atomic mass is 35.5. The van der Waals surface area contributed by atoms with Gasteiger partial charge in [0.25, 0.3) is 5.91 Å².